The number of aliphatic hydroxyl groups is 1. The predicted molar refractivity (Wildman–Crippen MR) is 75.7 cm³/mol. The number of hydrogen-bond acceptors (Lipinski definition) is 5. The van der Waals surface area contributed by atoms with Gasteiger partial charge >= 0.3 is 5.69 Å². The van der Waals surface area contributed by atoms with Gasteiger partial charge in [-0.1, -0.05) is 51.6 Å². The lowest BCUT2D eigenvalue weighted by Crippen LogP contribution is -2.16. The molecule has 2 atom stereocenters. The Bertz CT molecular complexity index is 431. The van der Waals surface area contributed by atoms with Crippen LogP contribution < -0.4 is 0 Å². The highest BCUT2D eigenvalue weighted by atomic mass is 16.6. The number of nitro groups is 1. The molecule has 0 spiro atoms. The van der Waals surface area contributed by atoms with Crippen molar-refractivity contribution in [1.29, 1.82) is 0 Å². The largest absolute Gasteiger partial charge is 0.392 e. The Morgan fingerprint density at radius 2 is 2.05 bits per heavy atom. The Labute approximate surface area is 119 Å². The van der Waals surface area contributed by atoms with Crippen LogP contribution >= 0.6 is 0 Å². The van der Waals surface area contributed by atoms with E-state index in [1.807, 2.05) is 0 Å². The van der Waals surface area contributed by atoms with E-state index >= 15 is 0 Å². The normalized spacial score (nSPS) is 14.2. The fraction of sp³-hybridized carbons (Fsp3) is 0.786. The van der Waals surface area contributed by atoms with Crippen molar-refractivity contribution >= 4 is 5.69 Å². The topological polar surface area (TPSA) is 89.4 Å². The van der Waals surface area contributed by atoms with E-state index in [0.29, 0.717) is 18.5 Å². The number of aliphatic hydroxyl groups excluding tert-OH is 1. The van der Waals surface area contributed by atoms with Crippen molar-refractivity contribution in [3.05, 3.63) is 21.6 Å². The number of unbranched alkanes of at least 4 members (excludes halogenated alkanes) is 3. The Balaban J connectivity index is 2.73. The van der Waals surface area contributed by atoms with Crippen molar-refractivity contribution in [2.75, 3.05) is 0 Å². The molecule has 0 aliphatic rings. The van der Waals surface area contributed by atoms with Crippen molar-refractivity contribution in [3.8, 4) is 0 Å². The third kappa shape index (κ3) is 4.03. The van der Waals surface area contributed by atoms with E-state index in [0.717, 1.165) is 25.7 Å². The van der Waals surface area contributed by atoms with Crippen LogP contribution in [0, 0.1) is 10.1 Å². The molecule has 114 valence electrons. The number of nitrogens with zero attached hydrogens (tertiary/aromatic N) is 2. The molecule has 6 nitrogen and oxygen atoms in total. The molecule has 0 saturated carbocycles. The molecule has 0 aliphatic heterocycles. The van der Waals surface area contributed by atoms with Crippen LogP contribution in [0.3, 0.4) is 0 Å². The van der Waals surface area contributed by atoms with Gasteiger partial charge < -0.3 is 9.63 Å². The van der Waals surface area contributed by atoms with Crippen molar-refractivity contribution in [2.45, 2.75) is 71.3 Å². The van der Waals surface area contributed by atoms with Crippen molar-refractivity contribution in [2.24, 2.45) is 0 Å². The van der Waals surface area contributed by atoms with E-state index in [1.165, 1.54) is 0 Å². The highest BCUT2D eigenvalue weighted by Gasteiger charge is 2.32. The fourth-order valence-electron chi connectivity index (χ4n) is 2.26. The molecule has 0 fully saturated rings. The van der Waals surface area contributed by atoms with Gasteiger partial charge in [-0.05, 0) is 12.8 Å². The number of aromatic nitrogens is 1. The second-order valence-corrected chi connectivity index (χ2v) is 5.16. The molecule has 20 heavy (non-hydrogen) atoms. The van der Waals surface area contributed by atoms with E-state index in [4.69, 9.17) is 4.52 Å². The van der Waals surface area contributed by atoms with Gasteiger partial charge in [-0.25, -0.2) is 0 Å². The van der Waals surface area contributed by atoms with E-state index in [1.54, 1.807) is 13.8 Å². The zero-order chi connectivity index (χ0) is 15.1. The first kappa shape index (κ1) is 16.6. The van der Waals surface area contributed by atoms with Crippen LogP contribution in [-0.4, -0.2) is 21.3 Å². The predicted octanol–water partition coefficient (Wildman–Crippen LogP) is 3.58. The zero-order valence-corrected chi connectivity index (χ0v) is 12.5. The molecule has 1 rings (SSSR count). The molecule has 0 amide bonds. The van der Waals surface area contributed by atoms with Crippen molar-refractivity contribution in [3.63, 3.8) is 0 Å². The third-order valence-corrected chi connectivity index (χ3v) is 3.62. The molecule has 0 aromatic carbocycles. The lowest BCUT2D eigenvalue weighted by molar-refractivity contribution is -0.387. The molecule has 0 bridgehead atoms. The summed E-state index contributed by atoms with van der Waals surface area (Å²) < 4.78 is 5.11. The second-order valence-electron chi connectivity index (χ2n) is 5.16. The maximum atomic E-state index is 11.1. The van der Waals surface area contributed by atoms with Crippen LogP contribution in [0.25, 0.3) is 0 Å². The SMILES string of the molecule is CCCCCCC(O)C(C)c1onc(CC)c1[N+](=O)[O-]. The van der Waals surface area contributed by atoms with Gasteiger partial charge in [-0.15, -0.1) is 0 Å². The molecule has 1 aromatic rings. The summed E-state index contributed by atoms with van der Waals surface area (Å²) in [5.74, 6) is -0.223. The molecule has 0 aliphatic carbocycles. The minimum absolute atomic E-state index is 0.0763. The van der Waals surface area contributed by atoms with Gasteiger partial charge in [0.05, 0.1) is 16.9 Å². The summed E-state index contributed by atoms with van der Waals surface area (Å²) in [6.07, 6.45) is 4.70. The quantitative estimate of drug-likeness (QED) is 0.425. The zero-order valence-electron chi connectivity index (χ0n) is 12.5. The van der Waals surface area contributed by atoms with E-state index in [2.05, 4.69) is 12.1 Å². The monoisotopic (exact) mass is 284 g/mol. The molecule has 2 unspecified atom stereocenters. The smallest absolute Gasteiger partial charge is 0.335 e. The van der Waals surface area contributed by atoms with Gasteiger partial charge in [0.2, 0.25) is 5.76 Å². The minimum Gasteiger partial charge on any atom is -0.392 e. The van der Waals surface area contributed by atoms with Crippen LogP contribution in [0.15, 0.2) is 4.52 Å². The summed E-state index contributed by atoms with van der Waals surface area (Å²) in [5, 5.41) is 25.0. The lowest BCUT2D eigenvalue weighted by atomic mass is 9.95. The standard InChI is InChI=1S/C14H24N2O4/c1-4-6-7-8-9-12(17)10(3)14-13(16(18)19)11(5-2)15-20-14/h10,12,17H,4-9H2,1-3H3. The van der Waals surface area contributed by atoms with Crippen molar-refractivity contribution < 1.29 is 14.6 Å². The first-order chi connectivity index (χ1) is 9.52. The van der Waals surface area contributed by atoms with Crippen LogP contribution in [0.4, 0.5) is 5.69 Å². The summed E-state index contributed by atoms with van der Waals surface area (Å²) in [6, 6.07) is 0. The minimum atomic E-state index is -0.636. The number of aryl methyl sites for hydroxylation is 1. The van der Waals surface area contributed by atoms with Crippen LogP contribution in [0.1, 0.15) is 70.2 Å². The van der Waals surface area contributed by atoms with Gasteiger partial charge in [0.1, 0.15) is 0 Å². The average Bonchev–Trinajstić information content (AvgIpc) is 2.86. The van der Waals surface area contributed by atoms with Crippen molar-refractivity contribution in [1.82, 2.24) is 5.16 Å². The molecule has 0 saturated heterocycles. The Morgan fingerprint density at radius 1 is 1.35 bits per heavy atom. The number of hydrogen-bond donors (Lipinski definition) is 1. The number of rotatable bonds is 9. The first-order valence-electron chi connectivity index (χ1n) is 7.33. The summed E-state index contributed by atoms with van der Waals surface area (Å²) in [5.41, 5.74) is 0.266. The summed E-state index contributed by atoms with van der Waals surface area (Å²) in [7, 11) is 0. The Hall–Kier alpha value is -1.43. The van der Waals surface area contributed by atoms with Gasteiger partial charge in [0, 0.05) is 0 Å². The molecule has 0 radical (unpaired) electrons. The third-order valence-electron chi connectivity index (χ3n) is 3.62. The highest BCUT2D eigenvalue weighted by Crippen LogP contribution is 2.33. The second kappa shape index (κ2) is 7.99. The fourth-order valence-corrected chi connectivity index (χ4v) is 2.26. The summed E-state index contributed by atoms with van der Waals surface area (Å²) in [6.45, 7) is 5.67. The van der Waals surface area contributed by atoms with E-state index in [9.17, 15) is 15.2 Å². The van der Waals surface area contributed by atoms with Gasteiger partial charge in [0.25, 0.3) is 0 Å². The van der Waals surface area contributed by atoms with Crippen LogP contribution in [-0.2, 0) is 6.42 Å². The van der Waals surface area contributed by atoms with Crippen LogP contribution in [0.5, 0.6) is 0 Å². The summed E-state index contributed by atoms with van der Waals surface area (Å²) in [4.78, 5) is 10.6. The molecule has 1 heterocycles. The maximum absolute atomic E-state index is 11.1. The van der Waals surface area contributed by atoms with E-state index < -0.39 is 16.9 Å². The van der Waals surface area contributed by atoms with Gasteiger partial charge in [-0.3, -0.25) is 10.1 Å². The van der Waals surface area contributed by atoms with Crippen LogP contribution in [0.2, 0.25) is 0 Å². The van der Waals surface area contributed by atoms with Gasteiger partial charge in [0.15, 0.2) is 5.69 Å². The lowest BCUT2D eigenvalue weighted by Gasteiger charge is -2.15. The van der Waals surface area contributed by atoms with E-state index in [-0.39, 0.29) is 11.4 Å². The molecular formula is C14H24N2O4. The average molecular weight is 284 g/mol. The maximum Gasteiger partial charge on any atom is 0.335 e. The molecular weight excluding hydrogens is 260 g/mol. The first-order valence-corrected chi connectivity index (χ1v) is 7.33. The Kier molecular flexibility index (Phi) is 6.64. The molecule has 1 aromatic heterocycles. The van der Waals surface area contributed by atoms with Gasteiger partial charge in [-0.2, -0.15) is 0 Å². The highest BCUT2D eigenvalue weighted by molar-refractivity contribution is 5.40. The Morgan fingerprint density at radius 3 is 2.60 bits per heavy atom. The molecule has 1 N–H and O–H groups in total. The molecule has 6 heteroatoms. The summed E-state index contributed by atoms with van der Waals surface area (Å²) >= 11 is 0.